The molecule has 0 saturated carbocycles. The van der Waals surface area contributed by atoms with Gasteiger partial charge in [0.2, 0.25) is 5.76 Å². The lowest BCUT2D eigenvalue weighted by molar-refractivity contribution is 0.0561. The molecule has 174 valence electrons. The van der Waals surface area contributed by atoms with Crippen LogP contribution in [0.4, 0.5) is 5.82 Å². The number of nitrogens with zero attached hydrogens (tertiary/aromatic N) is 2. The van der Waals surface area contributed by atoms with Crippen LogP contribution in [0.15, 0.2) is 77.2 Å². The SMILES string of the molecule is COC(=O)c1ccc(COc2cccc3ccc(N4CCC(Cc5ccccc5)CC4)nc23)o1. The van der Waals surface area contributed by atoms with Gasteiger partial charge in [0.25, 0.3) is 0 Å². The summed E-state index contributed by atoms with van der Waals surface area (Å²) >= 11 is 0. The van der Waals surface area contributed by atoms with Gasteiger partial charge in [-0.05, 0) is 61.1 Å². The van der Waals surface area contributed by atoms with E-state index in [1.807, 2.05) is 18.2 Å². The van der Waals surface area contributed by atoms with Crippen molar-refractivity contribution in [2.75, 3.05) is 25.1 Å². The van der Waals surface area contributed by atoms with Crippen molar-refractivity contribution < 1.29 is 18.7 Å². The summed E-state index contributed by atoms with van der Waals surface area (Å²) in [5, 5.41) is 1.02. The fourth-order valence-electron chi connectivity index (χ4n) is 4.53. The van der Waals surface area contributed by atoms with Gasteiger partial charge in [0.1, 0.15) is 29.5 Å². The highest BCUT2D eigenvalue weighted by atomic mass is 16.5. The fourth-order valence-corrected chi connectivity index (χ4v) is 4.53. The summed E-state index contributed by atoms with van der Waals surface area (Å²) in [6.07, 6.45) is 3.46. The maximum atomic E-state index is 11.6. The summed E-state index contributed by atoms with van der Waals surface area (Å²) in [6, 6.07) is 24.2. The molecule has 0 aliphatic carbocycles. The standard InChI is InChI=1S/C28H28N2O4/c1-32-28(31)25-12-11-23(34-25)19-33-24-9-5-8-22-10-13-26(29-27(22)24)30-16-14-21(15-17-30)18-20-6-3-2-4-7-20/h2-13,21H,14-19H2,1H3. The van der Waals surface area contributed by atoms with Crippen LogP contribution in [-0.2, 0) is 17.8 Å². The van der Waals surface area contributed by atoms with Crippen molar-refractivity contribution >= 4 is 22.7 Å². The molecule has 0 radical (unpaired) electrons. The predicted molar refractivity (Wildman–Crippen MR) is 131 cm³/mol. The summed E-state index contributed by atoms with van der Waals surface area (Å²) in [5.74, 6) is 2.59. The van der Waals surface area contributed by atoms with Crippen molar-refractivity contribution in [1.29, 1.82) is 0 Å². The number of hydrogen-bond acceptors (Lipinski definition) is 6. The lowest BCUT2D eigenvalue weighted by atomic mass is 9.90. The summed E-state index contributed by atoms with van der Waals surface area (Å²) in [4.78, 5) is 18.9. The summed E-state index contributed by atoms with van der Waals surface area (Å²) in [7, 11) is 1.33. The number of anilines is 1. The topological polar surface area (TPSA) is 64.8 Å². The van der Waals surface area contributed by atoms with Crippen LogP contribution in [-0.4, -0.2) is 31.2 Å². The zero-order valence-corrected chi connectivity index (χ0v) is 19.3. The number of rotatable bonds is 7. The molecule has 1 saturated heterocycles. The Morgan fingerprint density at radius 3 is 2.62 bits per heavy atom. The van der Waals surface area contributed by atoms with E-state index in [4.69, 9.17) is 14.1 Å². The third kappa shape index (κ3) is 4.91. The van der Waals surface area contributed by atoms with Crippen molar-refractivity contribution in [3.8, 4) is 5.75 Å². The van der Waals surface area contributed by atoms with Gasteiger partial charge in [-0.15, -0.1) is 0 Å². The maximum absolute atomic E-state index is 11.6. The predicted octanol–water partition coefficient (Wildman–Crippen LogP) is 5.65. The first-order valence-electron chi connectivity index (χ1n) is 11.7. The number of piperidine rings is 1. The number of benzene rings is 2. The zero-order chi connectivity index (χ0) is 23.3. The highest BCUT2D eigenvalue weighted by Crippen LogP contribution is 2.30. The minimum absolute atomic E-state index is 0.162. The lowest BCUT2D eigenvalue weighted by Gasteiger charge is -2.33. The number of methoxy groups -OCH3 is 1. The minimum Gasteiger partial charge on any atom is -0.483 e. The van der Waals surface area contributed by atoms with E-state index in [9.17, 15) is 4.79 Å². The monoisotopic (exact) mass is 456 g/mol. The molecular weight excluding hydrogens is 428 g/mol. The first-order chi connectivity index (χ1) is 16.7. The van der Waals surface area contributed by atoms with Crippen LogP contribution in [0.3, 0.4) is 0 Å². The van der Waals surface area contributed by atoms with Gasteiger partial charge in [-0.25, -0.2) is 9.78 Å². The Bertz CT molecular complexity index is 1260. The number of carbonyl (C=O) groups excluding carboxylic acids is 1. The third-order valence-corrected chi connectivity index (χ3v) is 6.39. The smallest absolute Gasteiger partial charge is 0.373 e. The number of esters is 1. The quantitative estimate of drug-likeness (QED) is 0.335. The molecule has 0 N–H and O–H groups in total. The Kier molecular flexibility index (Phi) is 6.47. The van der Waals surface area contributed by atoms with Crippen LogP contribution >= 0.6 is 0 Å². The summed E-state index contributed by atoms with van der Waals surface area (Å²) in [5.41, 5.74) is 2.24. The minimum atomic E-state index is -0.504. The number of fused-ring (bicyclic) bond motifs is 1. The molecule has 0 spiro atoms. The summed E-state index contributed by atoms with van der Waals surface area (Å²) in [6.45, 7) is 2.20. The zero-order valence-electron chi connectivity index (χ0n) is 19.3. The molecule has 1 aliphatic rings. The van der Waals surface area contributed by atoms with Crippen LogP contribution < -0.4 is 9.64 Å². The van der Waals surface area contributed by atoms with E-state index in [1.54, 1.807) is 12.1 Å². The second kappa shape index (κ2) is 10.00. The molecule has 6 nitrogen and oxygen atoms in total. The van der Waals surface area contributed by atoms with Crippen LogP contribution in [0.1, 0.15) is 34.7 Å². The van der Waals surface area contributed by atoms with Gasteiger partial charge in [-0.2, -0.15) is 0 Å². The van der Waals surface area contributed by atoms with Gasteiger partial charge in [-0.3, -0.25) is 0 Å². The highest BCUT2D eigenvalue weighted by Gasteiger charge is 2.21. The normalized spacial score (nSPS) is 14.3. The van der Waals surface area contributed by atoms with Crippen molar-refractivity contribution in [2.24, 2.45) is 5.92 Å². The van der Waals surface area contributed by atoms with Crippen molar-refractivity contribution in [2.45, 2.75) is 25.9 Å². The largest absolute Gasteiger partial charge is 0.483 e. The Morgan fingerprint density at radius 1 is 1.00 bits per heavy atom. The highest BCUT2D eigenvalue weighted by molar-refractivity contribution is 5.86. The average Bonchev–Trinajstić information content (AvgIpc) is 3.37. The molecule has 1 fully saturated rings. The third-order valence-electron chi connectivity index (χ3n) is 6.39. The lowest BCUT2D eigenvalue weighted by Crippen LogP contribution is -2.34. The van der Waals surface area contributed by atoms with E-state index < -0.39 is 5.97 Å². The Labute approximate surface area is 199 Å². The molecule has 0 bridgehead atoms. The molecule has 34 heavy (non-hydrogen) atoms. The van der Waals surface area contributed by atoms with Gasteiger partial charge in [0, 0.05) is 18.5 Å². The second-order valence-corrected chi connectivity index (χ2v) is 8.66. The number of ether oxygens (including phenoxy) is 2. The van der Waals surface area contributed by atoms with Gasteiger partial charge in [-0.1, -0.05) is 42.5 Å². The van der Waals surface area contributed by atoms with Crippen molar-refractivity contribution in [3.63, 3.8) is 0 Å². The molecule has 4 aromatic rings. The van der Waals surface area contributed by atoms with Gasteiger partial charge in [0.15, 0.2) is 0 Å². The molecule has 1 aliphatic heterocycles. The molecule has 3 heterocycles. The molecule has 6 heteroatoms. The van der Waals surface area contributed by atoms with E-state index in [2.05, 4.69) is 52.1 Å². The van der Waals surface area contributed by atoms with E-state index in [0.717, 1.165) is 49.1 Å². The van der Waals surface area contributed by atoms with Gasteiger partial charge in [0.05, 0.1) is 7.11 Å². The first kappa shape index (κ1) is 22.0. The number of pyridine rings is 1. The van der Waals surface area contributed by atoms with Crippen LogP contribution in [0.25, 0.3) is 10.9 Å². The van der Waals surface area contributed by atoms with Gasteiger partial charge < -0.3 is 18.8 Å². The fraction of sp³-hybridized carbons (Fsp3) is 0.286. The number of aromatic nitrogens is 1. The molecule has 0 atom stereocenters. The second-order valence-electron chi connectivity index (χ2n) is 8.66. The number of para-hydroxylation sites is 1. The van der Waals surface area contributed by atoms with E-state index in [1.165, 1.54) is 12.7 Å². The Hall–Kier alpha value is -3.80. The molecule has 5 rings (SSSR count). The van der Waals surface area contributed by atoms with E-state index in [-0.39, 0.29) is 12.4 Å². The summed E-state index contributed by atoms with van der Waals surface area (Å²) < 4.78 is 16.2. The first-order valence-corrected chi connectivity index (χ1v) is 11.7. The van der Waals surface area contributed by atoms with E-state index in [0.29, 0.717) is 17.4 Å². The van der Waals surface area contributed by atoms with Gasteiger partial charge >= 0.3 is 5.97 Å². The number of carbonyl (C=O) groups is 1. The molecular formula is C28H28N2O4. The Morgan fingerprint density at radius 2 is 1.82 bits per heavy atom. The Balaban J connectivity index is 1.26. The van der Waals surface area contributed by atoms with Crippen LogP contribution in [0.2, 0.25) is 0 Å². The van der Waals surface area contributed by atoms with Crippen molar-refractivity contribution in [3.05, 3.63) is 89.9 Å². The number of hydrogen-bond donors (Lipinski definition) is 0. The average molecular weight is 457 g/mol. The van der Waals surface area contributed by atoms with Crippen LogP contribution in [0.5, 0.6) is 5.75 Å². The van der Waals surface area contributed by atoms with E-state index >= 15 is 0 Å². The molecule has 2 aromatic carbocycles. The van der Waals surface area contributed by atoms with Crippen molar-refractivity contribution in [1.82, 2.24) is 4.98 Å². The number of furan rings is 1. The van der Waals surface area contributed by atoms with Crippen LogP contribution in [0, 0.1) is 5.92 Å². The maximum Gasteiger partial charge on any atom is 0.373 e. The molecule has 0 amide bonds. The molecule has 2 aromatic heterocycles. The molecule has 0 unspecified atom stereocenters.